The molecule has 0 amide bonds. The van der Waals surface area contributed by atoms with Crippen LogP contribution in [0.4, 0.5) is 5.69 Å². The Kier molecular flexibility index (Phi) is 4.65. The van der Waals surface area contributed by atoms with E-state index in [1.165, 1.54) is 5.56 Å². The second kappa shape index (κ2) is 7.10. The van der Waals surface area contributed by atoms with E-state index in [0.29, 0.717) is 12.3 Å². The first-order chi connectivity index (χ1) is 13.1. The van der Waals surface area contributed by atoms with Gasteiger partial charge >= 0.3 is 5.63 Å². The van der Waals surface area contributed by atoms with E-state index in [-0.39, 0.29) is 5.63 Å². The van der Waals surface area contributed by atoms with E-state index in [1.54, 1.807) is 6.07 Å². The molecule has 0 aliphatic carbocycles. The summed E-state index contributed by atoms with van der Waals surface area (Å²) >= 11 is 0. The first-order valence-corrected chi connectivity index (χ1v) is 9.66. The SMILES string of the molecule is CCCc1cc(=O)oc2c(C)c3c(cc12)CN(c1ccc(CC)cc1)CO3. The predicted octanol–water partition coefficient (Wildman–Crippen LogP) is 4.97. The van der Waals surface area contributed by atoms with Gasteiger partial charge in [0.1, 0.15) is 11.3 Å². The minimum Gasteiger partial charge on any atom is -0.472 e. The minimum atomic E-state index is -0.289. The van der Waals surface area contributed by atoms with Crippen LogP contribution in [-0.4, -0.2) is 6.73 Å². The van der Waals surface area contributed by atoms with E-state index < -0.39 is 0 Å². The monoisotopic (exact) mass is 363 g/mol. The van der Waals surface area contributed by atoms with Gasteiger partial charge in [0.2, 0.25) is 0 Å². The Labute approximate surface area is 159 Å². The normalized spacial score (nSPS) is 13.5. The van der Waals surface area contributed by atoms with Crippen LogP contribution in [0.25, 0.3) is 11.0 Å². The third-order valence-electron chi connectivity index (χ3n) is 5.33. The van der Waals surface area contributed by atoms with Crippen LogP contribution < -0.4 is 15.3 Å². The summed E-state index contributed by atoms with van der Waals surface area (Å²) in [5.74, 6) is 0.848. The molecular weight excluding hydrogens is 338 g/mol. The summed E-state index contributed by atoms with van der Waals surface area (Å²) < 4.78 is 11.6. The zero-order valence-corrected chi connectivity index (χ0v) is 16.2. The Hall–Kier alpha value is -2.75. The molecule has 0 atom stereocenters. The quantitative estimate of drug-likeness (QED) is 0.614. The summed E-state index contributed by atoms with van der Waals surface area (Å²) in [4.78, 5) is 14.2. The maximum Gasteiger partial charge on any atom is 0.336 e. The fraction of sp³-hybridized carbons (Fsp3) is 0.348. The lowest BCUT2D eigenvalue weighted by atomic mass is 9.98. The maximum atomic E-state index is 12.0. The van der Waals surface area contributed by atoms with Crippen LogP contribution in [0.1, 0.15) is 42.5 Å². The molecule has 2 heterocycles. The molecule has 27 heavy (non-hydrogen) atoms. The standard InChI is InChI=1S/C23H25NO3/c1-4-6-17-12-21(25)27-23-15(3)22-18(11-20(17)23)13-24(14-26-22)19-9-7-16(5-2)8-10-19/h7-12H,4-6,13-14H2,1-3H3. The molecule has 1 aromatic heterocycles. The molecule has 0 bridgehead atoms. The molecular formula is C23H25NO3. The van der Waals surface area contributed by atoms with Crippen molar-refractivity contribution in [3.63, 3.8) is 0 Å². The van der Waals surface area contributed by atoms with Crippen LogP contribution in [-0.2, 0) is 19.4 Å². The second-order valence-electron chi connectivity index (χ2n) is 7.20. The molecule has 0 spiro atoms. The molecule has 4 heteroatoms. The van der Waals surface area contributed by atoms with Gasteiger partial charge in [0.15, 0.2) is 6.73 Å². The number of benzene rings is 2. The van der Waals surface area contributed by atoms with Crippen molar-refractivity contribution in [2.75, 3.05) is 11.6 Å². The van der Waals surface area contributed by atoms with Gasteiger partial charge in [-0.05, 0) is 49.1 Å². The maximum absolute atomic E-state index is 12.0. The van der Waals surface area contributed by atoms with Gasteiger partial charge in [0.05, 0.1) is 0 Å². The van der Waals surface area contributed by atoms with Crippen molar-refractivity contribution in [1.29, 1.82) is 0 Å². The van der Waals surface area contributed by atoms with Crippen molar-refractivity contribution in [2.24, 2.45) is 0 Å². The molecule has 0 unspecified atom stereocenters. The molecule has 4 nitrogen and oxygen atoms in total. The highest BCUT2D eigenvalue weighted by molar-refractivity contribution is 5.86. The molecule has 0 N–H and O–H groups in total. The van der Waals surface area contributed by atoms with E-state index in [4.69, 9.17) is 9.15 Å². The Morgan fingerprint density at radius 3 is 2.59 bits per heavy atom. The van der Waals surface area contributed by atoms with E-state index in [2.05, 4.69) is 49.1 Å². The van der Waals surface area contributed by atoms with Crippen molar-refractivity contribution >= 4 is 16.7 Å². The molecule has 140 valence electrons. The van der Waals surface area contributed by atoms with Crippen LogP contribution in [0.2, 0.25) is 0 Å². The summed E-state index contributed by atoms with van der Waals surface area (Å²) in [7, 11) is 0. The number of hydrogen-bond donors (Lipinski definition) is 0. The van der Waals surface area contributed by atoms with Gasteiger partial charge in [0, 0.05) is 34.8 Å². The van der Waals surface area contributed by atoms with Gasteiger partial charge in [-0.2, -0.15) is 0 Å². The van der Waals surface area contributed by atoms with Gasteiger partial charge < -0.3 is 14.1 Å². The van der Waals surface area contributed by atoms with Crippen LogP contribution in [0.3, 0.4) is 0 Å². The number of fused-ring (bicyclic) bond motifs is 2. The van der Waals surface area contributed by atoms with Crippen LogP contribution in [0.15, 0.2) is 45.6 Å². The highest BCUT2D eigenvalue weighted by atomic mass is 16.5. The van der Waals surface area contributed by atoms with E-state index in [1.807, 2.05) is 6.92 Å². The first-order valence-electron chi connectivity index (χ1n) is 9.66. The third-order valence-corrected chi connectivity index (χ3v) is 5.33. The van der Waals surface area contributed by atoms with E-state index in [9.17, 15) is 4.79 Å². The average Bonchev–Trinajstić information content (AvgIpc) is 2.69. The van der Waals surface area contributed by atoms with Crippen molar-refractivity contribution in [1.82, 2.24) is 0 Å². The third kappa shape index (κ3) is 3.20. The lowest BCUT2D eigenvalue weighted by Gasteiger charge is -2.32. The minimum absolute atomic E-state index is 0.289. The highest BCUT2D eigenvalue weighted by Gasteiger charge is 2.23. The van der Waals surface area contributed by atoms with Crippen molar-refractivity contribution in [3.8, 4) is 5.75 Å². The van der Waals surface area contributed by atoms with Gasteiger partial charge in [0.25, 0.3) is 0 Å². The molecule has 1 aliphatic heterocycles. The molecule has 2 aromatic carbocycles. The Morgan fingerprint density at radius 1 is 1.11 bits per heavy atom. The smallest absolute Gasteiger partial charge is 0.336 e. The number of aryl methyl sites for hydroxylation is 3. The zero-order chi connectivity index (χ0) is 19.0. The van der Waals surface area contributed by atoms with E-state index >= 15 is 0 Å². The fourth-order valence-corrected chi connectivity index (χ4v) is 3.87. The van der Waals surface area contributed by atoms with E-state index in [0.717, 1.165) is 59.3 Å². The second-order valence-corrected chi connectivity index (χ2v) is 7.20. The number of hydrogen-bond acceptors (Lipinski definition) is 4. The fourth-order valence-electron chi connectivity index (χ4n) is 3.87. The molecule has 0 radical (unpaired) electrons. The van der Waals surface area contributed by atoms with Gasteiger partial charge in [-0.3, -0.25) is 0 Å². The number of nitrogens with zero attached hydrogens (tertiary/aromatic N) is 1. The van der Waals surface area contributed by atoms with Crippen molar-refractivity contribution < 1.29 is 9.15 Å². The zero-order valence-electron chi connectivity index (χ0n) is 16.2. The Morgan fingerprint density at radius 2 is 1.89 bits per heavy atom. The van der Waals surface area contributed by atoms with Crippen molar-refractivity contribution in [3.05, 3.63) is 69.1 Å². The molecule has 4 rings (SSSR count). The Bertz CT molecular complexity index is 1030. The van der Waals surface area contributed by atoms with Crippen LogP contribution in [0.5, 0.6) is 5.75 Å². The highest BCUT2D eigenvalue weighted by Crippen LogP contribution is 2.37. The van der Waals surface area contributed by atoms with Crippen LogP contribution in [0, 0.1) is 6.92 Å². The van der Waals surface area contributed by atoms with Gasteiger partial charge in [-0.25, -0.2) is 4.79 Å². The molecule has 0 fully saturated rings. The number of ether oxygens (including phenoxy) is 1. The largest absolute Gasteiger partial charge is 0.472 e. The summed E-state index contributed by atoms with van der Waals surface area (Å²) in [5, 5.41) is 1.03. The summed E-state index contributed by atoms with van der Waals surface area (Å²) in [6, 6.07) is 12.4. The van der Waals surface area contributed by atoms with Crippen molar-refractivity contribution in [2.45, 2.75) is 46.6 Å². The van der Waals surface area contributed by atoms with Crippen LogP contribution >= 0.6 is 0 Å². The Balaban J connectivity index is 1.77. The number of anilines is 1. The van der Waals surface area contributed by atoms with Gasteiger partial charge in [-0.15, -0.1) is 0 Å². The van der Waals surface area contributed by atoms with Gasteiger partial charge in [-0.1, -0.05) is 32.4 Å². The number of rotatable bonds is 4. The molecule has 3 aromatic rings. The average molecular weight is 363 g/mol. The lowest BCUT2D eigenvalue weighted by Crippen LogP contribution is -2.32. The summed E-state index contributed by atoms with van der Waals surface area (Å²) in [6.07, 6.45) is 2.89. The summed E-state index contributed by atoms with van der Waals surface area (Å²) in [5.41, 5.74) is 5.96. The molecule has 0 saturated heterocycles. The molecule has 1 aliphatic rings. The lowest BCUT2D eigenvalue weighted by molar-refractivity contribution is 0.287. The predicted molar refractivity (Wildman–Crippen MR) is 109 cm³/mol. The summed E-state index contributed by atoms with van der Waals surface area (Å²) in [6.45, 7) is 7.53. The first kappa shape index (κ1) is 17.7. The molecule has 0 saturated carbocycles. The topological polar surface area (TPSA) is 42.7 Å².